The molecular formula is C34H47N7O6. The number of aromatic nitrogens is 2. The highest BCUT2D eigenvalue weighted by Crippen LogP contribution is 2.25. The molecule has 0 saturated heterocycles. The van der Waals surface area contributed by atoms with E-state index in [-0.39, 0.29) is 49.9 Å². The molecule has 0 radical (unpaired) electrons. The molecule has 1 aliphatic rings. The van der Waals surface area contributed by atoms with Gasteiger partial charge in [0, 0.05) is 57.1 Å². The number of benzene rings is 2. The summed E-state index contributed by atoms with van der Waals surface area (Å²) in [7, 11) is 1.71. The average molecular weight is 650 g/mol. The van der Waals surface area contributed by atoms with Gasteiger partial charge in [-0.15, -0.1) is 5.10 Å². The molecule has 13 nitrogen and oxygen atoms in total. The summed E-state index contributed by atoms with van der Waals surface area (Å²) in [5, 5.41) is 10.9. The van der Waals surface area contributed by atoms with Gasteiger partial charge in [0.15, 0.2) is 0 Å². The highest BCUT2D eigenvalue weighted by atomic mass is 16.6. The third-order valence-electron chi connectivity index (χ3n) is 7.97. The Morgan fingerprint density at radius 2 is 1.70 bits per heavy atom. The van der Waals surface area contributed by atoms with Crippen molar-refractivity contribution in [1.82, 2.24) is 29.6 Å². The molecule has 0 aliphatic carbocycles. The molecule has 2 aromatic carbocycles. The molecule has 2 heterocycles. The summed E-state index contributed by atoms with van der Waals surface area (Å²) in [5.41, 5.74) is 3.74. The molecule has 1 N–H and O–H groups in total. The molecule has 0 spiro atoms. The van der Waals surface area contributed by atoms with Crippen molar-refractivity contribution < 1.29 is 23.5 Å². The van der Waals surface area contributed by atoms with Crippen molar-refractivity contribution >= 4 is 23.6 Å². The van der Waals surface area contributed by atoms with Crippen LogP contribution in [-0.4, -0.2) is 92.4 Å². The van der Waals surface area contributed by atoms with E-state index in [9.17, 15) is 19.2 Å². The molecule has 3 aromatic rings. The molecule has 4 rings (SSSR count). The normalized spacial score (nSPS) is 13.0. The van der Waals surface area contributed by atoms with Crippen LogP contribution in [0.25, 0.3) is 11.5 Å². The van der Waals surface area contributed by atoms with Crippen LogP contribution in [0, 0.1) is 6.92 Å². The van der Waals surface area contributed by atoms with Crippen LogP contribution in [-0.2, 0) is 34.0 Å². The van der Waals surface area contributed by atoms with Gasteiger partial charge in [-0.2, -0.15) is 4.68 Å². The highest BCUT2D eigenvalue weighted by molar-refractivity contribution is 5.87. The summed E-state index contributed by atoms with van der Waals surface area (Å²) in [6.07, 6.45) is -0.485. The summed E-state index contributed by atoms with van der Waals surface area (Å²) in [4.78, 5) is 55.4. The lowest BCUT2D eigenvalue weighted by atomic mass is 10.1. The Morgan fingerprint density at radius 1 is 1.04 bits per heavy atom. The van der Waals surface area contributed by atoms with Gasteiger partial charge < -0.3 is 24.3 Å². The predicted octanol–water partition coefficient (Wildman–Crippen LogP) is 4.11. The van der Waals surface area contributed by atoms with Crippen molar-refractivity contribution in [3.05, 3.63) is 69.7 Å². The van der Waals surface area contributed by atoms with Crippen LogP contribution in [0.15, 0.2) is 51.7 Å². The van der Waals surface area contributed by atoms with Gasteiger partial charge in [-0.3, -0.25) is 14.6 Å². The number of hydrazine groups is 1. The number of carbonyl (C=O) groups excluding carboxylic acids is 3. The second kappa shape index (κ2) is 14.8. The van der Waals surface area contributed by atoms with E-state index in [4.69, 9.17) is 9.15 Å². The first kappa shape index (κ1) is 35.2. The van der Waals surface area contributed by atoms with Gasteiger partial charge in [-0.1, -0.05) is 30.3 Å². The summed E-state index contributed by atoms with van der Waals surface area (Å²) in [6, 6.07) is 13.3. The van der Waals surface area contributed by atoms with Crippen LogP contribution < -0.4 is 11.1 Å². The molecule has 47 heavy (non-hydrogen) atoms. The quantitative estimate of drug-likeness (QED) is 0.308. The lowest BCUT2D eigenvalue weighted by molar-refractivity contribution is -0.151. The van der Waals surface area contributed by atoms with E-state index in [2.05, 4.69) is 10.4 Å². The Hall–Kier alpha value is -4.65. The molecule has 0 bridgehead atoms. The van der Waals surface area contributed by atoms with Crippen molar-refractivity contribution in [3.63, 3.8) is 0 Å². The Morgan fingerprint density at radius 3 is 2.28 bits per heavy atom. The van der Waals surface area contributed by atoms with E-state index in [1.807, 2.05) is 56.1 Å². The van der Waals surface area contributed by atoms with Gasteiger partial charge in [0.1, 0.15) is 12.1 Å². The largest absolute Gasteiger partial charge is 0.444 e. The Balaban J connectivity index is 1.50. The number of nitrogens with zero attached hydrogens (tertiary/aromatic N) is 6. The van der Waals surface area contributed by atoms with Gasteiger partial charge >= 0.3 is 11.8 Å². The third-order valence-corrected chi connectivity index (χ3v) is 7.97. The van der Waals surface area contributed by atoms with E-state index in [0.717, 1.165) is 16.7 Å². The molecule has 0 saturated carbocycles. The molecule has 13 heteroatoms. The number of carbonyl (C=O) groups is 3. The summed E-state index contributed by atoms with van der Waals surface area (Å²) in [6.45, 7) is 14.4. The van der Waals surface area contributed by atoms with Gasteiger partial charge in [-0.25, -0.2) is 14.6 Å². The molecule has 1 aromatic heterocycles. The van der Waals surface area contributed by atoms with Crippen molar-refractivity contribution in [2.45, 2.75) is 79.7 Å². The maximum atomic E-state index is 13.8. The number of hydrogen-bond donors (Lipinski definition) is 1. The first-order chi connectivity index (χ1) is 22.2. The van der Waals surface area contributed by atoms with Crippen LogP contribution >= 0.6 is 0 Å². The number of anilines is 1. The molecule has 0 unspecified atom stereocenters. The van der Waals surface area contributed by atoms with Crippen LogP contribution in [0.5, 0.6) is 0 Å². The zero-order valence-electron chi connectivity index (χ0n) is 28.7. The molecule has 1 aliphatic heterocycles. The minimum atomic E-state index is -0.681. The number of hydrogen-bond acceptors (Lipinski definition) is 9. The smallest absolute Gasteiger partial charge is 0.437 e. The Bertz CT molecular complexity index is 1610. The SMILES string of the molecule is CCn1nc(-c2ccc(C)c(NCC(=O)N(CCN(C(=O)OC(C)(C)C)C(C)C)CC(=O)N(C)N3Cc4ccccc4C3)c2)oc1=O. The second-order valence-corrected chi connectivity index (χ2v) is 13.0. The van der Waals surface area contributed by atoms with Crippen molar-refractivity contribution in [1.29, 1.82) is 0 Å². The number of nitrogens with one attached hydrogen (secondary N) is 1. The minimum Gasteiger partial charge on any atom is -0.444 e. The van der Waals surface area contributed by atoms with E-state index in [0.29, 0.717) is 30.9 Å². The first-order valence-corrected chi connectivity index (χ1v) is 15.9. The third kappa shape index (κ3) is 9.00. The summed E-state index contributed by atoms with van der Waals surface area (Å²) < 4.78 is 12.1. The fraction of sp³-hybridized carbons (Fsp3) is 0.500. The zero-order chi connectivity index (χ0) is 34.5. The van der Waals surface area contributed by atoms with Crippen molar-refractivity contribution in [3.8, 4) is 11.5 Å². The lowest BCUT2D eigenvalue weighted by Gasteiger charge is -2.33. The molecule has 0 atom stereocenters. The minimum absolute atomic E-state index is 0.113. The van der Waals surface area contributed by atoms with Crippen LogP contribution in [0.3, 0.4) is 0 Å². The van der Waals surface area contributed by atoms with E-state index in [1.54, 1.807) is 56.8 Å². The van der Waals surface area contributed by atoms with Crippen LogP contribution in [0.2, 0.25) is 0 Å². The maximum absolute atomic E-state index is 13.8. The zero-order valence-corrected chi connectivity index (χ0v) is 28.7. The predicted molar refractivity (Wildman–Crippen MR) is 178 cm³/mol. The van der Waals surface area contributed by atoms with Gasteiger partial charge in [-0.05, 0) is 77.3 Å². The number of fused-ring (bicyclic) bond motifs is 1. The number of rotatable bonds is 12. The van der Waals surface area contributed by atoms with E-state index >= 15 is 0 Å². The number of aryl methyl sites for hydroxylation is 2. The summed E-state index contributed by atoms with van der Waals surface area (Å²) in [5.74, 6) is -0.936. The van der Waals surface area contributed by atoms with Crippen LogP contribution in [0.4, 0.5) is 10.5 Å². The fourth-order valence-corrected chi connectivity index (χ4v) is 5.20. The van der Waals surface area contributed by atoms with Crippen molar-refractivity contribution in [2.24, 2.45) is 0 Å². The Labute approximate surface area is 276 Å². The second-order valence-electron chi connectivity index (χ2n) is 13.0. The lowest BCUT2D eigenvalue weighted by Crippen LogP contribution is -2.51. The highest BCUT2D eigenvalue weighted by Gasteiger charge is 2.29. The topological polar surface area (TPSA) is 133 Å². The first-order valence-electron chi connectivity index (χ1n) is 15.9. The van der Waals surface area contributed by atoms with Crippen molar-refractivity contribution in [2.75, 3.05) is 38.5 Å². The molecule has 254 valence electrons. The van der Waals surface area contributed by atoms with Crippen LogP contribution in [0.1, 0.15) is 58.2 Å². The number of amides is 3. The van der Waals surface area contributed by atoms with E-state index < -0.39 is 17.5 Å². The maximum Gasteiger partial charge on any atom is 0.437 e. The Kier molecular flexibility index (Phi) is 11.1. The number of ether oxygens (including phenoxy) is 1. The molecular weight excluding hydrogens is 602 g/mol. The monoisotopic (exact) mass is 649 g/mol. The average Bonchev–Trinajstić information content (AvgIpc) is 3.61. The molecule has 3 amide bonds. The summed E-state index contributed by atoms with van der Waals surface area (Å²) >= 11 is 0. The van der Waals surface area contributed by atoms with Gasteiger partial charge in [0.2, 0.25) is 11.8 Å². The van der Waals surface area contributed by atoms with E-state index in [1.165, 1.54) is 9.58 Å². The number of likely N-dealkylation sites (N-methyl/N-ethyl adjacent to an activating group) is 1. The van der Waals surface area contributed by atoms with Gasteiger partial charge in [0.25, 0.3) is 5.91 Å². The molecule has 0 fully saturated rings. The standard InChI is InChI=1S/C34H47N7O6/c1-9-41-33(45)46-31(36-41)25-15-14-24(4)28(18-25)35-19-29(42)38(16-17-40(23(2)3)32(44)47-34(5,6)7)22-30(43)37(8)39-20-26-12-10-11-13-27(26)21-39/h10-15,18,23,35H,9,16-17,19-22H2,1-8H3. The van der Waals surface area contributed by atoms with Gasteiger partial charge in [0.05, 0.1) is 6.54 Å². The fourth-order valence-electron chi connectivity index (χ4n) is 5.20.